The van der Waals surface area contributed by atoms with Crippen molar-refractivity contribution >= 4 is 22.3 Å². The molecule has 1 aliphatic carbocycles. The lowest BCUT2D eigenvalue weighted by molar-refractivity contribution is 0.0930. The molecule has 3 heteroatoms. The van der Waals surface area contributed by atoms with Gasteiger partial charge in [-0.15, -0.1) is 0 Å². The Kier molecular flexibility index (Phi) is 4.06. The fourth-order valence-corrected chi connectivity index (χ4v) is 4.27. The molecule has 28 heavy (non-hydrogen) atoms. The summed E-state index contributed by atoms with van der Waals surface area (Å²) < 4.78 is 0. The Labute approximate surface area is 165 Å². The van der Waals surface area contributed by atoms with E-state index in [2.05, 4.69) is 71.3 Å². The van der Waals surface area contributed by atoms with Crippen LogP contribution in [0.4, 0.5) is 0 Å². The minimum Gasteiger partial charge on any atom is -0.342 e. The zero-order chi connectivity index (χ0) is 19.1. The maximum atomic E-state index is 13.3. The van der Waals surface area contributed by atoms with Gasteiger partial charge in [-0.3, -0.25) is 4.79 Å². The highest BCUT2D eigenvalue weighted by Gasteiger charge is 2.46. The van der Waals surface area contributed by atoms with Crippen molar-refractivity contribution in [3.8, 4) is 0 Å². The normalized spacial score (nSPS) is 17.4. The molecule has 1 aliphatic heterocycles. The first-order valence-corrected chi connectivity index (χ1v) is 9.98. The van der Waals surface area contributed by atoms with Gasteiger partial charge in [-0.25, -0.2) is 0 Å². The van der Waals surface area contributed by atoms with Crippen molar-refractivity contribution in [3.63, 3.8) is 0 Å². The molecule has 2 aliphatic rings. The van der Waals surface area contributed by atoms with E-state index in [9.17, 15) is 4.79 Å². The van der Waals surface area contributed by atoms with Crippen molar-refractivity contribution in [3.05, 3.63) is 89.0 Å². The van der Waals surface area contributed by atoms with Gasteiger partial charge in [0.25, 0.3) is 5.91 Å². The molecule has 0 unspecified atom stereocenters. The SMILES string of the molecule is Cc1ccc(C2=CCNC2)cc1C(=O)NC1(c2cccc3ccccc23)CC1. The van der Waals surface area contributed by atoms with Gasteiger partial charge < -0.3 is 10.6 Å². The quantitative estimate of drug-likeness (QED) is 0.709. The highest BCUT2D eigenvalue weighted by atomic mass is 16.1. The van der Waals surface area contributed by atoms with Gasteiger partial charge in [0.2, 0.25) is 0 Å². The van der Waals surface area contributed by atoms with Crippen LogP contribution in [-0.2, 0) is 5.54 Å². The number of amides is 1. The number of hydrogen-bond donors (Lipinski definition) is 2. The zero-order valence-electron chi connectivity index (χ0n) is 16.1. The number of hydrogen-bond acceptors (Lipinski definition) is 2. The summed E-state index contributed by atoms with van der Waals surface area (Å²) in [5, 5.41) is 9.16. The molecule has 1 heterocycles. The fraction of sp³-hybridized carbons (Fsp3) is 0.240. The fourth-order valence-electron chi connectivity index (χ4n) is 4.27. The van der Waals surface area contributed by atoms with Crippen LogP contribution in [0.2, 0.25) is 0 Å². The summed E-state index contributed by atoms with van der Waals surface area (Å²) in [4.78, 5) is 13.3. The number of benzene rings is 3. The van der Waals surface area contributed by atoms with Gasteiger partial charge in [0.15, 0.2) is 0 Å². The Balaban J connectivity index is 1.48. The van der Waals surface area contributed by atoms with Gasteiger partial charge in [0, 0.05) is 18.7 Å². The van der Waals surface area contributed by atoms with Crippen LogP contribution in [0.1, 0.15) is 39.9 Å². The first kappa shape index (κ1) is 17.2. The van der Waals surface area contributed by atoms with Gasteiger partial charge in [-0.2, -0.15) is 0 Å². The lowest BCUT2D eigenvalue weighted by atomic mass is 9.95. The van der Waals surface area contributed by atoms with Crippen molar-refractivity contribution in [2.45, 2.75) is 25.3 Å². The summed E-state index contributed by atoms with van der Waals surface area (Å²) in [7, 11) is 0. The van der Waals surface area contributed by atoms with Gasteiger partial charge in [-0.1, -0.05) is 60.7 Å². The third-order valence-electron chi connectivity index (χ3n) is 6.07. The van der Waals surface area contributed by atoms with E-state index in [0.29, 0.717) is 0 Å². The van der Waals surface area contributed by atoms with E-state index in [0.717, 1.165) is 42.6 Å². The lowest BCUT2D eigenvalue weighted by Crippen LogP contribution is -2.35. The average molecular weight is 368 g/mol. The Morgan fingerprint density at radius 2 is 1.86 bits per heavy atom. The number of carbonyl (C=O) groups is 1. The van der Waals surface area contributed by atoms with E-state index in [1.807, 2.05) is 13.0 Å². The van der Waals surface area contributed by atoms with Crippen molar-refractivity contribution in [2.75, 3.05) is 13.1 Å². The van der Waals surface area contributed by atoms with Gasteiger partial charge in [-0.05, 0) is 58.9 Å². The van der Waals surface area contributed by atoms with Crippen molar-refractivity contribution in [1.82, 2.24) is 10.6 Å². The Morgan fingerprint density at radius 1 is 1.04 bits per heavy atom. The van der Waals surface area contributed by atoms with Crippen molar-refractivity contribution < 1.29 is 4.79 Å². The van der Waals surface area contributed by atoms with Crippen LogP contribution in [0, 0.1) is 6.92 Å². The van der Waals surface area contributed by atoms with Crippen LogP contribution < -0.4 is 10.6 Å². The summed E-state index contributed by atoms with van der Waals surface area (Å²) in [6, 6.07) is 21.0. The Bertz CT molecular complexity index is 1100. The summed E-state index contributed by atoms with van der Waals surface area (Å²) in [6.45, 7) is 3.77. The van der Waals surface area contributed by atoms with E-state index < -0.39 is 0 Å². The van der Waals surface area contributed by atoms with Gasteiger partial charge >= 0.3 is 0 Å². The minimum absolute atomic E-state index is 0.0244. The molecule has 5 rings (SSSR count). The number of carbonyl (C=O) groups excluding carboxylic acids is 1. The summed E-state index contributed by atoms with van der Waals surface area (Å²) >= 11 is 0. The van der Waals surface area contributed by atoms with E-state index in [1.54, 1.807) is 0 Å². The second-order valence-corrected chi connectivity index (χ2v) is 7.95. The lowest BCUT2D eigenvalue weighted by Gasteiger charge is -2.21. The molecule has 1 fully saturated rings. The topological polar surface area (TPSA) is 41.1 Å². The molecule has 3 nitrogen and oxygen atoms in total. The predicted octanol–water partition coefficient (Wildman–Crippen LogP) is 4.55. The predicted molar refractivity (Wildman–Crippen MR) is 114 cm³/mol. The first-order valence-electron chi connectivity index (χ1n) is 9.98. The molecule has 0 aromatic heterocycles. The molecular formula is C25H24N2O. The molecule has 1 amide bonds. The molecular weight excluding hydrogens is 344 g/mol. The summed E-state index contributed by atoms with van der Waals surface area (Å²) in [6.07, 6.45) is 4.17. The number of fused-ring (bicyclic) bond motifs is 1. The van der Waals surface area contributed by atoms with Crippen LogP contribution in [0.25, 0.3) is 16.3 Å². The van der Waals surface area contributed by atoms with E-state index in [1.165, 1.54) is 21.9 Å². The van der Waals surface area contributed by atoms with Crippen LogP contribution >= 0.6 is 0 Å². The molecule has 0 saturated heterocycles. The number of rotatable bonds is 4. The van der Waals surface area contributed by atoms with Crippen LogP contribution in [0.15, 0.2) is 66.7 Å². The maximum Gasteiger partial charge on any atom is 0.252 e. The van der Waals surface area contributed by atoms with Crippen LogP contribution in [-0.4, -0.2) is 19.0 Å². The highest BCUT2D eigenvalue weighted by Crippen LogP contribution is 2.48. The molecule has 0 radical (unpaired) electrons. The van der Waals surface area contributed by atoms with Crippen molar-refractivity contribution in [1.29, 1.82) is 0 Å². The van der Waals surface area contributed by atoms with Gasteiger partial charge in [0.1, 0.15) is 0 Å². The molecule has 3 aromatic rings. The van der Waals surface area contributed by atoms with Crippen molar-refractivity contribution in [2.24, 2.45) is 0 Å². The van der Waals surface area contributed by atoms with Gasteiger partial charge in [0.05, 0.1) is 5.54 Å². The maximum absolute atomic E-state index is 13.3. The summed E-state index contributed by atoms with van der Waals surface area (Å²) in [5.41, 5.74) is 5.18. The van der Waals surface area contributed by atoms with E-state index in [-0.39, 0.29) is 11.4 Å². The first-order chi connectivity index (χ1) is 13.7. The molecule has 3 aromatic carbocycles. The standard InChI is InChI=1S/C25H24N2O/c1-17-9-10-19(20-11-14-26-16-20)15-22(17)24(28)27-25(12-13-25)23-8-4-6-18-5-2-3-7-21(18)23/h2-11,15,26H,12-14,16H2,1H3,(H,27,28). The summed E-state index contributed by atoms with van der Waals surface area (Å²) in [5.74, 6) is 0.0244. The second-order valence-electron chi connectivity index (χ2n) is 7.95. The second kappa shape index (κ2) is 6.61. The van der Waals surface area contributed by atoms with Crippen LogP contribution in [0.5, 0.6) is 0 Å². The molecule has 140 valence electrons. The third-order valence-corrected chi connectivity index (χ3v) is 6.07. The zero-order valence-corrected chi connectivity index (χ0v) is 16.1. The molecule has 2 N–H and O–H groups in total. The third kappa shape index (κ3) is 2.92. The molecule has 0 bridgehead atoms. The Hall–Kier alpha value is -2.91. The molecule has 0 atom stereocenters. The van der Waals surface area contributed by atoms with E-state index in [4.69, 9.17) is 0 Å². The van der Waals surface area contributed by atoms with Crippen LogP contribution in [0.3, 0.4) is 0 Å². The Morgan fingerprint density at radius 3 is 2.64 bits per heavy atom. The smallest absolute Gasteiger partial charge is 0.252 e. The minimum atomic E-state index is -0.241. The largest absolute Gasteiger partial charge is 0.342 e. The molecule has 0 spiro atoms. The number of aryl methyl sites for hydroxylation is 1. The monoisotopic (exact) mass is 368 g/mol. The molecule has 1 saturated carbocycles. The van der Waals surface area contributed by atoms with E-state index >= 15 is 0 Å². The highest BCUT2D eigenvalue weighted by molar-refractivity contribution is 5.98. The number of nitrogens with one attached hydrogen (secondary N) is 2. The average Bonchev–Trinajstić information content (AvgIpc) is 3.28.